The highest BCUT2D eigenvalue weighted by atomic mass is 35.5. The Kier molecular flexibility index (Phi) is 8.77. The standard InChI is InChI=1S/C20H26ClFN4O3.C4H7Cl/c21-16-11-15-18(12-17(16)22)29-24-19(15)26-9-7-25(8-10-26)6-5-13-1-3-14(4-2-13)23-20(27)28;5-4-2-1-3-4/h11-14,23H,1-10H2,(H,27,28);4H,1-3H2/t13-,14-;. The van der Waals surface area contributed by atoms with E-state index in [-0.39, 0.29) is 11.1 Å². The Morgan fingerprint density at radius 1 is 1.15 bits per heavy atom. The molecule has 2 heterocycles. The summed E-state index contributed by atoms with van der Waals surface area (Å²) in [5.41, 5.74) is 0.414. The number of nitrogens with zero attached hydrogens (tertiary/aromatic N) is 3. The molecule has 0 unspecified atom stereocenters. The van der Waals surface area contributed by atoms with Gasteiger partial charge in [0, 0.05) is 43.7 Å². The molecule has 7 nitrogen and oxygen atoms in total. The smallest absolute Gasteiger partial charge is 0.404 e. The van der Waals surface area contributed by atoms with E-state index < -0.39 is 11.9 Å². The highest BCUT2D eigenvalue weighted by Crippen LogP contribution is 2.31. The summed E-state index contributed by atoms with van der Waals surface area (Å²) in [4.78, 5) is 15.4. The lowest BCUT2D eigenvalue weighted by molar-refractivity contribution is 0.177. The third-order valence-corrected chi connectivity index (χ3v) is 7.95. The van der Waals surface area contributed by atoms with Crippen LogP contribution in [0.5, 0.6) is 0 Å². The van der Waals surface area contributed by atoms with Crippen molar-refractivity contribution in [2.45, 2.75) is 62.8 Å². The average Bonchev–Trinajstić information content (AvgIpc) is 3.20. The van der Waals surface area contributed by atoms with E-state index in [0.29, 0.717) is 16.9 Å². The second-order valence-electron chi connectivity index (χ2n) is 9.58. The first-order valence-corrected chi connectivity index (χ1v) is 13.1. The van der Waals surface area contributed by atoms with Gasteiger partial charge in [-0.3, -0.25) is 4.90 Å². The third-order valence-electron chi connectivity index (χ3n) is 7.23. The number of piperazine rings is 1. The molecule has 3 fully saturated rings. The van der Waals surface area contributed by atoms with E-state index >= 15 is 0 Å². The van der Waals surface area contributed by atoms with Crippen LogP contribution >= 0.6 is 23.2 Å². The summed E-state index contributed by atoms with van der Waals surface area (Å²) >= 11 is 11.5. The third kappa shape index (κ3) is 6.67. The van der Waals surface area contributed by atoms with E-state index in [4.69, 9.17) is 32.8 Å². The Bertz CT molecular complexity index is 955. The molecule has 2 N–H and O–H groups in total. The van der Waals surface area contributed by atoms with Crippen LogP contribution in [0.1, 0.15) is 51.4 Å². The van der Waals surface area contributed by atoms with Crippen LogP contribution in [-0.2, 0) is 0 Å². The Hall–Kier alpha value is -1.77. The van der Waals surface area contributed by atoms with Crippen molar-refractivity contribution in [1.82, 2.24) is 15.4 Å². The van der Waals surface area contributed by atoms with Crippen LogP contribution in [-0.4, -0.2) is 65.4 Å². The van der Waals surface area contributed by atoms with Gasteiger partial charge in [0.25, 0.3) is 0 Å². The van der Waals surface area contributed by atoms with Crippen LogP contribution in [0.2, 0.25) is 5.02 Å². The Balaban J connectivity index is 0.000000486. The van der Waals surface area contributed by atoms with Crippen molar-refractivity contribution in [2.75, 3.05) is 37.6 Å². The minimum atomic E-state index is -0.918. The van der Waals surface area contributed by atoms with Crippen molar-refractivity contribution < 1.29 is 18.8 Å². The van der Waals surface area contributed by atoms with Crippen LogP contribution in [0.15, 0.2) is 16.7 Å². The Morgan fingerprint density at radius 3 is 2.41 bits per heavy atom. The van der Waals surface area contributed by atoms with Gasteiger partial charge in [-0.1, -0.05) is 23.2 Å². The Morgan fingerprint density at radius 2 is 1.82 bits per heavy atom. The number of nitrogens with one attached hydrogen (secondary N) is 1. The lowest BCUT2D eigenvalue weighted by Gasteiger charge is -2.36. The van der Waals surface area contributed by atoms with Crippen LogP contribution in [0.25, 0.3) is 11.0 Å². The second kappa shape index (κ2) is 11.8. The molecule has 0 atom stereocenters. The molecule has 1 aromatic carbocycles. The molecular weight excluding hydrogens is 482 g/mol. The first kappa shape index (κ1) is 25.3. The van der Waals surface area contributed by atoms with Gasteiger partial charge in [-0.2, -0.15) is 0 Å². The molecule has 3 aliphatic rings. The fourth-order valence-corrected chi connectivity index (χ4v) is 5.30. The Labute approximate surface area is 209 Å². The van der Waals surface area contributed by atoms with Crippen molar-refractivity contribution in [1.29, 1.82) is 0 Å². The molecule has 34 heavy (non-hydrogen) atoms. The number of halogens is 3. The predicted octanol–water partition coefficient (Wildman–Crippen LogP) is 5.74. The molecule has 188 valence electrons. The quantitative estimate of drug-likeness (QED) is 0.495. The monoisotopic (exact) mass is 514 g/mol. The van der Waals surface area contributed by atoms with Crippen molar-refractivity contribution >= 4 is 46.1 Å². The second-order valence-corrected chi connectivity index (χ2v) is 10.6. The first-order chi connectivity index (χ1) is 16.4. The molecule has 1 aliphatic heterocycles. The van der Waals surface area contributed by atoms with E-state index in [1.54, 1.807) is 6.07 Å². The number of amides is 1. The fourth-order valence-electron chi connectivity index (χ4n) is 4.83. The maximum absolute atomic E-state index is 13.6. The molecule has 0 bridgehead atoms. The number of benzene rings is 1. The first-order valence-electron chi connectivity index (χ1n) is 12.2. The van der Waals surface area contributed by atoms with Gasteiger partial charge >= 0.3 is 6.09 Å². The largest absolute Gasteiger partial charge is 0.465 e. The van der Waals surface area contributed by atoms with E-state index in [1.165, 1.54) is 25.3 Å². The zero-order chi connectivity index (χ0) is 24.1. The normalized spacial score (nSPS) is 23.8. The maximum Gasteiger partial charge on any atom is 0.404 e. The molecule has 5 rings (SSSR count). The van der Waals surface area contributed by atoms with Gasteiger partial charge in [0.05, 0.1) is 10.4 Å². The van der Waals surface area contributed by atoms with Gasteiger partial charge in [0.1, 0.15) is 5.82 Å². The molecule has 1 aromatic heterocycles. The SMILES string of the molecule is ClC1CCC1.O=C(O)N[C@H]1CC[C@H](CCN2CCN(c3noc4cc(F)c(Cl)cc34)CC2)CC1. The average molecular weight is 515 g/mol. The maximum atomic E-state index is 13.6. The van der Waals surface area contributed by atoms with Crippen LogP contribution in [0.4, 0.5) is 15.0 Å². The molecule has 1 amide bonds. The van der Waals surface area contributed by atoms with Gasteiger partial charge in [-0.25, -0.2) is 9.18 Å². The lowest BCUT2D eigenvalue weighted by atomic mass is 9.84. The molecular formula is C24H33Cl2FN4O3. The summed E-state index contributed by atoms with van der Waals surface area (Å²) < 4.78 is 18.9. The molecule has 2 aliphatic carbocycles. The summed E-state index contributed by atoms with van der Waals surface area (Å²) in [6.07, 6.45) is 8.15. The minimum Gasteiger partial charge on any atom is -0.465 e. The van der Waals surface area contributed by atoms with Crippen molar-refractivity contribution in [2.24, 2.45) is 5.92 Å². The highest BCUT2D eigenvalue weighted by molar-refractivity contribution is 6.31. The number of aromatic nitrogens is 1. The predicted molar refractivity (Wildman–Crippen MR) is 133 cm³/mol. The number of rotatable bonds is 5. The van der Waals surface area contributed by atoms with Gasteiger partial charge < -0.3 is 19.8 Å². The van der Waals surface area contributed by atoms with Gasteiger partial charge in [-0.05, 0) is 63.5 Å². The van der Waals surface area contributed by atoms with Gasteiger partial charge in [0.15, 0.2) is 11.4 Å². The van der Waals surface area contributed by atoms with Gasteiger partial charge in [0.2, 0.25) is 0 Å². The van der Waals surface area contributed by atoms with Gasteiger partial charge in [-0.15, -0.1) is 11.6 Å². The summed E-state index contributed by atoms with van der Waals surface area (Å²) in [5, 5.41) is 16.9. The number of alkyl halides is 1. The fraction of sp³-hybridized carbons (Fsp3) is 0.667. The molecule has 1 saturated heterocycles. The number of hydrogen-bond donors (Lipinski definition) is 2. The molecule has 0 spiro atoms. The molecule has 2 aromatic rings. The molecule has 0 radical (unpaired) electrons. The van der Waals surface area contributed by atoms with Crippen LogP contribution in [0, 0.1) is 11.7 Å². The summed E-state index contributed by atoms with van der Waals surface area (Å²) in [7, 11) is 0. The summed E-state index contributed by atoms with van der Waals surface area (Å²) in [5.74, 6) is 0.904. The lowest BCUT2D eigenvalue weighted by Crippen LogP contribution is -2.47. The highest BCUT2D eigenvalue weighted by Gasteiger charge is 2.25. The molecule has 2 saturated carbocycles. The van der Waals surface area contributed by atoms with E-state index in [0.717, 1.165) is 76.0 Å². The van der Waals surface area contributed by atoms with Crippen molar-refractivity contribution in [3.05, 3.63) is 23.0 Å². The van der Waals surface area contributed by atoms with Crippen molar-refractivity contribution in [3.63, 3.8) is 0 Å². The number of carbonyl (C=O) groups is 1. The number of hydrogen-bond acceptors (Lipinski definition) is 5. The number of carboxylic acid groups (broad SMARTS) is 1. The minimum absolute atomic E-state index is 0.0776. The van der Waals surface area contributed by atoms with E-state index in [2.05, 4.69) is 20.3 Å². The van der Waals surface area contributed by atoms with E-state index in [1.807, 2.05) is 0 Å². The zero-order valence-electron chi connectivity index (χ0n) is 19.3. The van der Waals surface area contributed by atoms with Crippen LogP contribution in [0.3, 0.4) is 0 Å². The van der Waals surface area contributed by atoms with E-state index in [9.17, 15) is 9.18 Å². The van der Waals surface area contributed by atoms with Crippen molar-refractivity contribution in [3.8, 4) is 0 Å². The van der Waals surface area contributed by atoms with Crippen LogP contribution < -0.4 is 10.2 Å². The number of fused-ring (bicyclic) bond motifs is 1. The summed E-state index contributed by atoms with van der Waals surface area (Å²) in [6, 6.07) is 2.98. The number of anilines is 1. The molecule has 10 heteroatoms. The topological polar surface area (TPSA) is 81.8 Å². The summed E-state index contributed by atoms with van der Waals surface area (Å²) in [6.45, 7) is 4.63. The zero-order valence-corrected chi connectivity index (χ0v) is 20.8.